The minimum Gasteiger partial charge on any atom is -0.373 e. The summed E-state index contributed by atoms with van der Waals surface area (Å²) in [7, 11) is 0. The molecule has 3 N–H and O–H groups in total. The molecule has 0 aromatic carbocycles. The zero-order valence-electron chi connectivity index (χ0n) is 11.5. The molecule has 1 saturated heterocycles. The van der Waals surface area contributed by atoms with Gasteiger partial charge in [-0.1, -0.05) is 13.8 Å². The van der Waals surface area contributed by atoms with Crippen LogP contribution in [0.5, 0.6) is 0 Å². The molecule has 6 nitrogen and oxygen atoms in total. The van der Waals surface area contributed by atoms with Crippen molar-refractivity contribution in [3.63, 3.8) is 0 Å². The van der Waals surface area contributed by atoms with Crippen LogP contribution in [0.2, 0.25) is 0 Å². The second kappa shape index (κ2) is 6.49. The number of rotatable bonds is 2. The lowest BCUT2D eigenvalue weighted by Crippen LogP contribution is -2.46. The highest BCUT2D eigenvalue weighted by atomic mass is 16.5. The largest absolute Gasteiger partial charge is 0.373 e. The Labute approximate surface area is 113 Å². The molecule has 1 unspecified atom stereocenters. The molecule has 1 aliphatic heterocycles. The van der Waals surface area contributed by atoms with Gasteiger partial charge in [-0.2, -0.15) is 0 Å². The number of morpholine rings is 1. The van der Waals surface area contributed by atoms with Gasteiger partial charge in [-0.25, -0.2) is 9.97 Å². The zero-order chi connectivity index (χ0) is 13.7. The molecule has 0 bridgehead atoms. The van der Waals surface area contributed by atoms with Crippen LogP contribution in [0.4, 0.5) is 5.82 Å². The highest BCUT2D eigenvalue weighted by Crippen LogP contribution is 2.23. The highest BCUT2D eigenvalue weighted by molar-refractivity contribution is 5.87. The van der Waals surface area contributed by atoms with Gasteiger partial charge in [0.15, 0.2) is 0 Å². The number of H-pyrrole nitrogens is 1. The molecular formula is C13H21N5O. The molecule has 2 aromatic rings. The summed E-state index contributed by atoms with van der Waals surface area (Å²) in [5.74, 6) is 0.956. The van der Waals surface area contributed by atoms with Crippen molar-refractivity contribution in [1.29, 1.82) is 0 Å². The number of nitrogens with zero attached hydrogens (tertiary/aromatic N) is 3. The summed E-state index contributed by atoms with van der Waals surface area (Å²) >= 11 is 0. The van der Waals surface area contributed by atoms with Gasteiger partial charge in [-0.15, -0.1) is 0 Å². The maximum atomic E-state index is 5.65. The average molecular weight is 263 g/mol. The van der Waals surface area contributed by atoms with Gasteiger partial charge in [0.1, 0.15) is 17.8 Å². The van der Waals surface area contributed by atoms with Crippen molar-refractivity contribution in [2.24, 2.45) is 5.73 Å². The van der Waals surface area contributed by atoms with E-state index in [0.29, 0.717) is 13.2 Å². The normalized spacial score (nSPS) is 19.1. The fourth-order valence-electron chi connectivity index (χ4n) is 2.17. The van der Waals surface area contributed by atoms with Gasteiger partial charge in [0.2, 0.25) is 0 Å². The Bertz CT molecular complexity index is 512. The first-order valence-electron chi connectivity index (χ1n) is 6.73. The summed E-state index contributed by atoms with van der Waals surface area (Å²) in [6, 6.07) is 2.00. The number of hydrogen-bond acceptors (Lipinski definition) is 5. The minimum absolute atomic E-state index is 0.0905. The number of nitrogens with one attached hydrogen (secondary N) is 1. The van der Waals surface area contributed by atoms with Crippen LogP contribution < -0.4 is 10.6 Å². The van der Waals surface area contributed by atoms with E-state index in [4.69, 9.17) is 10.5 Å². The highest BCUT2D eigenvalue weighted by Gasteiger charge is 2.21. The molecule has 104 valence electrons. The van der Waals surface area contributed by atoms with E-state index in [1.54, 1.807) is 6.33 Å². The van der Waals surface area contributed by atoms with Crippen LogP contribution in [0.15, 0.2) is 18.6 Å². The first-order chi connectivity index (χ1) is 9.38. The summed E-state index contributed by atoms with van der Waals surface area (Å²) in [6.07, 6.45) is 3.55. The van der Waals surface area contributed by atoms with Crippen LogP contribution in [0.3, 0.4) is 0 Å². The van der Waals surface area contributed by atoms with Gasteiger partial charge in [0.05, 0.1) is 18.1 Å². The number of ether oxygens (including phenoxy) is 1. The molecule has 1 aliphatic rings. The Hall–Kier alpha value is -1.66. The molecule has 0 radical (unpaired) electrons. The third kappa shape index (κ3) is 2.85. The summed E-state index contributed by atoms with van der Waals surface area (Å²) in [6.45, 7) is 6.86. The van der Waals surface area contributed by atoms with Crippen LogP contribution >= 0.6 is 0 Å². The smallest absolute Gasteiger partial charge is 0.142 e. The third-order valence-corrected chi connectivity index (χ3v) is 3.03. The summed E-state index contributed by atoms with van der Waals surface area (Å²) in [4.78, 5) is 13.9. The fraction of sp³-hybridized carbons (Fsp3) is 0.538. The predicted octanol–water partition coefficient (Wildman–Crippen LogP) is 1.15. The number of fused-ring (bicyclic) bond motifs is 1. The number of hydrogen-bond donors (Lipinski definition) is 2. The quantitative estimate of drug-likeness (QED) is 0.849. The summed E-state index contributed by atoms with van der Waals surface area (Å²) < 4.78 is 5.55. The molecule has 0 aliphatic carbocycles. The van der Waals surface area contributed by atoms with E-state index in [1.165, 1.54) is 0 Å². The van der Waals surface area contributed by atoms with Crippen LogP contribution in [0, 0.1) is 0 Å². The van der Waals surface area contributed by atoms with E-state index >= 15 is 0 Å². The molecule has 3 heterocycles. The van der Waals surface area contributed by atoms with Crippen molar-refractivity contribution >= 4 is 16.9 Å². The SMILES string of the molecule is CC.NCC1CN(c2ncnc3[nH]ccc23)CCO1. The maximum Gasteiger partial charge on any atom is 0.142 e. The number of nitrogens with two attached hydrogens (primary N) is 1. The van der Waals surface area contributed by atoms with E-state index in [0.717, 1.165) is 29.9 Å². The maximum absolute atomic E-state index is 5.65. The van der Waals surface area contributed by atoms with Gasteiger partial charge in [-0.05, 0) is 6.07 Å². The lowest BCUT2D eigenvalue weighted by atomic mass is 10.2. The second-order valence-corrected chi connectivity index (χ2v) is 4.11. The standard InChI is InChI=1S/C11H15N5O.C2H6/c12-5-8-6-16(3-4-17-8)11-9-1-2-13-10(9)14-7-15-11;1-2/h1-2,7-8H,3-6,12H2,(H,13,14,15);1-2H3. The molecule has 0 amide bonds. The summed E-state index contributed by atoms with van der Waals surface area (Å²) in [5, 5.41) is 1.05. The minimum atomic E-state index is 0.0905. The topological polar surface area (TPSA) is 80.1 Å². The Morgan fingerprint density at radius 2 is 2.32 bits per heavy atom. The lowest BCUT2D eigenvalue weighted by molar-refractivity contribution is 0.0464. The van der Waals surface area contributed by atoms with Gasteiger partial charge in [-0.3, -0.25) is 0 Å². The van der Waals surface area contributed by atoms with E-state index in [-0.39, 0.29) is 6.10 Å². The number of aromatic amines is 1. The van der Waals surface area contributed by atoms with Gasteiger partial charge >= 0.3 is 0 Å². The van der Waals surface area contributed by atoms with Crippen molar-refractivity contribution < 1.29 is 4.74 Å². The molecule has 6 heteroatoms. The Morgan fingerprint density at radius 3 is 3.11 bits per heavy atom. The number of anilines is 1. The average Bonchev–Trinajstić information content (AvgIpc) is 2.97. The lowest BCUT2D eigenvalue weighted by Gasteiger charge is -2.33. The van der Waals surface area contributed by atoms with Crippen LogP contribution in [0.25, 0.3) is 11.0 Å². The van der Waals surface area contributed by atoms with Crippen molar-refractivity contribution in [1.82, 2.24) is 15.0 Å². The van der Waals surface area contributed by atoms with Crippen molar-refractivity contribution in [2.75, 3.05) is 31.1 Å². The second-order valence-electron chi connectivity index (χ2n) is 4.11. The summed E-state index contributed by atoms with van der Waals surface area (Å²) in [5.41, 5.74) is 6.51. The van der Waals surface area contributed by atoms with E-state index in [9.17, 15) is 0 Å². The molecule has 1 fully saturated rings. The van der Waals surface area contributed by atoms with Crippen molar-refractivity contribution in [3.8, 4) is 0 Å². The van der Waals surface area contributed by atoms with Gasteiger partial charge in [0, 0.05) is 25.8 Å². The van der Waals surface area contributed by atoms with Crippen LogP contribution in [-0.2, 0) is 4.74 Å². The Balaban J connectivity index is 0.000000637. The molecule has 0 saturated carbocycles. The molecule has 1 atom stereocenters. The van der Waals surface area contributed by atoms with Crippen molar-refractivity contribution in [2.45, 2.75) is 20.0 Å². The Kier molecular flexibility index (Phi) is 4.70. The molecule has 19 heavy (non-hydrogen) atoms. The fourth-order valence-corrected chi connectivity index (χ4v) is 2.17. The molecule has 0 spiro atoms. The van der Waals surface area contributed by atoms with Crippen LogP contribution in [-0.4, -0.2) is 47.3 Å². The monoisotopic (exact) mass is 263 g/mol. The van der Waals surface area contributed by atoms with Gasteiger partial charge in [0.25, 0.3) is 0 Å². The first-order valence-corrected chi connectivity index (χ1v) is 6.73. The predicted molar refractivity (Wildman–Crippen MR) is 76.2 cm³/mol. The van der Waals surface area contributed by atoms with Gasteiger partial charge < -0.3 is 20.4 Å². The zero-order valence-corrected chi connectivity index (χ0v) is 11.5. The van der Waals surface area contributed by atoms with E-state index < -0.39 is 0 Å². The van der Waals surface area contributed by atoms with E-state index in [1.807, 2.05) is 26.1 Å². The molecule has 2 aromatic heterocycles. The third-order valence-electron chi connectivity index (χ3n) is 3.03. The first kappa shape index (κ1) is 13.8. The van der Waals surface area contributed by atoms with Crippen molar-refractivity contribution in [3.05, 3.63) is 18.6 Å². The Morgan fingerprint density at radius 1 is 1.47 bits per heavy atom. The molecular weight excluding hydrogens is 242 g/mol. The molecule has 3 rings (SSSR count). The van der Waals surface area contributed by atoms with Crippen LogP contribution in [0.1, 0.15) is 13.8 Å². The number of aromatic nitrogens is 3. The van der Waals surface area contributed by atoms with E-state index in [2.05, 4.69) is 19.9 Å².